The average Bonchev–Trinajstić information content (AvgIpc) is 2.78. The monoisotopic (exact) mass is 218 g/mol. The minimum absolute atomic E-state index is 0.218. The Morgan fingerprint density at radius 3 is 2.94 bits per heavy atom. The molecular formula is C10H10N4O2. The van der Waals surface area contributed by atoms with Crippen molar-refractivity contribution in [1.29, 1.82) is 0 Å². The lowest BCUT2D eigenvalue weighted by Crippen LogP contribution is -2.12. The molecule has 16 heavy (non-hydrogen) atoms. The highest BCUT2D eigenvalue weighted by molar-refractivity contribution is 5.90. The van der Waals surface area contributed by atoms with E-state index in [1.54, 1.807) is 30.6 Å². The quantitative estimate of drug-likeness (QED) is 0.807. The lowest BCUT2D eigenvalue weighted by Gasteiger charge is -2.02. The maximum absolute atomic E-state index is 10.9. The highest BCUT2D eigenvalue weighted by atomic mass is 16.5. The van der Waals surface area contributed by atoms with Crippen LogP contribution in [0.25, 0.3) is 5.69 Å². The van der Waals surface area contributed by atoms with E-state index in [0.717, 1.165) is 5.69 Å². The number of hydrogen-bond donors (Lipinski definition) is 1. The summed E-state index contributed by atoms with van der Waals surface area (Å²) in [4.78, 5) is 14.8. The van der Waals surface area contributed by atoms with E-state index >= 15 is 0 Å². The molecule has 0 spiro atoms. The number of amides is 1. The molecule has 2 aromatic heterocycles. The van der Waals surface area contributed by atoms with Gasteiger partial charge in [0.2, 0.25) is 5.88 Å². The third-order valence-corrected chi connectivity index (χ3v) is 2.03. The molecule has 6 heteroatoms. The van der Waals surface area contributed by atoms with Crippen LogP contribution in [0, 0.1) is 0 Å². The summed E-state index contributed by atoms with van der Waals surface area (Å²) < 4.78 is 6.52. The van der Waals surface area contributed by atoms with Gasteiger partial charge in [0, 0.05) is 18.5 Å². The predicted molar refractivity (Wildman–Crippen MR) is 56.4 cm³/mol. The van der Waals surface area contributed by atoms with Crippen LogP contribution in [0.3, 0.4) is 0 Å². The van der Waals surface area contributed by atoms with E-state index in [-0.39, 0.29) is 5.69 Å². The number of nitrogens with two attached hydrogens (primary N) is 1. The molecule has 0 bridgehead atoms. The summed E-state index contributed by atoms with van der Waals surface area (Å²) in [6.45, 7) is 0. The highest BCUT2D eigenvalue weighted by Crippen LogP contribution is 2.12. The molecule has 0 aliphatic carbocycles. The van der Waals surface area contributed by atoms with Gasteiger partial charge in [-0.05, 0) is 12.1 Å². The van der Waals surface area contributed by atoms with Gasteiger partial charge >= 0.3 is 0 Å². The number of ether oxygens (including phenoxy) is 1. The van der Waals surface area contributed by atoms with Gasteiger partial charge in [0.05, 0.1) is 12.8 Å². The van der Waals surface area contributed by atoms with Crippen molar-refractivity contribution in [1.82, 2.24) is 14.8 Å². The zero-order valence-electron chi connectivity index (χ0n) is 8.62. The van der Waals surface area contributed by atoms with E-state index in [1.165, 1.54) is 11.8 Å². The van der Waals surface area contributed by atoms with Gasteiger partial charge in [0.25, 0.3) is 5.91 Å². The maximum atomic E-state index is 10.9. The van der Waals surface area contributed by atoms with Crippen molar-refractivity contribution < 1.29 is 9.53 Å². The molecule has 0 unspecified atom stereocenters. The zero-order valence-corrected chi connectivity index (χ0v) is 8.62. The Balaban J connectivity index is 2.38. The van der Waals surface area contributed by atoms with E-state index in [1.807, 2.05) is 0 Å². The van der Waals surface area contributed by atoms with E-state index in [2.05, 4.69) is 10.1 Å². The second-order valence-electron chi connectivity index (χ2n) is 3.07. The molecular weight excluding hydrogens is 208 g/mol. The predicted octanol–water partition coefficient (Wildman–Crippen LogP) is 0.375. The Hall–Kier alpha value is -2.37. The van der Waals surface area contributed by atoms with Gasteiger partial charge in [0.1, 0.15) is 5.69 Å². The van der Waals surface area contributed by atoms with Crippen LogP contribution < -0.4 is 10.5 Å². The van der Waals surface area contributed by atoms with E-state index < -0.39 is 5.91 Å². The van der Waals surface area contributed by atoms with Gasteiger partial charge in [-0.3, -0.25) is 4.79 Å². The number of aromatic nitrogens is 3. The first-order valence-electron chi connectivity index (χ1n) is 4.56. The van der Waals surface area contributed by atoms with Crippen LogP contribution in [0.2, 0.25) is 0 Å². The van der Waals surface area contributed by atoms with Crippen molar-refractivity contribution >= 4 is 5.91 Å². The second kappa shape index (κ2) is 4.01. The molecule has 0 aromatic carbocycles. The van der Waals surface area contributed by atoms with Gasteiger partial charge in [-0.1, -0.05) is 0 Å². The fourth-order valence-electron chi connectivity index (χ4n) is 1.25. The number of carbonyl (C=O) groups is 1. The first-order chi connectivity index (χ1) is 7.70. The number of methoxy groups -OCH3 is 1. The summed E-state index contributed by atoms with van der Waals surface area (Å²) in [5.41, 5.74) is 6.08. The first-order valence-corrected chi connectivity index (χ1v) is 4.56. The second-order valence-corrected chi connectivity index (χ2v) is 3.07. The van der Waals surface area contributed by atoms with E-state index in [0.29, 0.717) is 5.88 Å². The molecule has 2 heterocycles. The summed E-state index contributed by atoms with van der Waals surface area (Å²) in [6, 6.07) is 5.01. The third kappa shape index (κ3) is 1.85. The largest absolute Gasteiger partial charge is 0.481 e. The van der Waals surface area contributed by atoms with Crippen LogP contribution in [-0.4, -0.2) is 27.8 Å². The van der Waals surface area contributed by atoms with Gasteiger partial charge in [0.15, 0.2) is 0 Å². The highest BCUT2D eigenvalue weighted by Gasteiger charge is 2.06. The molecule has 0 saturated carbocycles. The van der Waals surface area contributed by atoms with Crippen LogP contribution in [0.1, 0.15) is 10.5 Å². The Bertz CT molecular complexity index is 521. The number of carbonyl (C=O) groups excluding carboxylic acids is 1. The fraction of sp³-hybridized carbons (Fsp3) is 0.100. The average molecular weight is 218 g/mol. The number of nitrogens with zero attached hydrogens (tertiary/aromatic N) is 3. The number of hydrogen-bond acceptors (Lipinski definition) is 4. The van der Waals surface area contributed by atoms with Gasteiger partial charge in [-0.15, -0.1) is 0 Å². The van der Waals surface area contributed by atoms with Crippen molar-refractivity contribution in [2.75, 3.05) is 7.11 Å². The molecule has 2 N–H and O–H groups in total. The zero-order chi connectivity index (χ0) is 11.5. The summed E-state index contributed by atoms with van der Waals surface area (Å²) in [5, 5.41) is 4.01. The Labute approximate surface area is 91.7 Å². The van der Waals surface area contributed by atoms with Crippen LogP contribution >= 0.6 is 0 Å². The van der Waals surface area contributed by atoms with Crippen molar-refractivity contribution in [3.05, 3.63) is 36.3 Å². The molecule has 1 amide bonds. The summed E-state index contributed by atoms with van der Waals surface area (Å²) in [6.07, 6.45) is 3.24. The first kappa shape index (κ1) is 10.2. The molecule has 0 atom stereocenters. The van der Waals surface area contributed by atoms with Gasteiger partial charge < -0.3 is 10.5 Å². The lowest BCUT2D eigenvalue weighted by atomic mass is 10.4. The molecule has 2 rings (SSSR count). The minimum Gasteiger partial charge on any atom is -0.481 e. The van der Waals surface area contributed by atoms with E-state index in [4.69, 9.17) is 10.5 Å². The molecule has 6 nitrogen and oxygen atoms in total. The molecule has 0 aliphatic rings. The van der Waals surface area contributed by atoms with Crippen molar-refractivity contribution in [3.8, 4) is 11.6 Å². The van der Waals surface area contributed by atoms with Gasteiger partial charge in [-0.25, -0.2) is 9.67 Å². The SMILES string of the molecule is COc1cc(-n2ccc(C(N)=O)n2)ccn1. The molecule has 0 aliphatic heterocycles. The van der Waals surface area contributed by atoms with E-state index in [9.17, 15) is 4.79 Å². The minimum atomic E-state index is -0.556. The number of rotatable bonds is 3. The molecule has 2 aromatic rings. The van der Waals surface area contributed by atoms with Crippen LogP contribution in [-0.2, 0) is 0 Å². The number of pyridine rings is 1. The number of primary amides is 1. The lowest BCUT2D eigenvalue weighted by molar-refractivity contribution is 0.0995. The van der Waals surface area contributed by atoms with Crippen LogP contribution in [0.5, 0.6) is 5.88 Å². The third-order valence-electron chi connectivity index (χ3n) is 2.03. The Morgan fingerprint density at radius 2 is 2.31 bits per heavy atom. The Kier molecular flexibility index (Phi) is 2.55. The van der Waals surface area contributed by atoms with Gasteiger partial charge in [-0.2, -0.15) is 5.10 Å². The van der Waals surface area contributed by atoms with Crippen molar-refractivity contribution in [2.45, 2.75) is 0 Å². The topological polar surface area (TPSA) is 83.0 Å². The maximum Gasteiger partial charge on any atom is 0.269 e. The molecule has 0 fully saturated rings. The molecule has 0 radical (unpaired) electrons. The summed E-state index contributed by atoms with van der Waals surface area (Å²) >= 11 is 0. The molecule has 82 valence electrons. The fourth-order valence-corrected chi connectivity index (χ4v) is 1.25. The van der Waals surface area contributed by atoms with Crippen molar-refractivity contribution in [2.24, 2.45) is 5.73 Å². The standard InChI is InChI=1S/C10H10N4O2/c1-16-9-6-7(2-4-12-9)14-5-3-8(13-14)10(11)15/h2-6H,1H3,(H2,11,15). The smallest absolute Gasteiger partial charge is 0.269 e. The summed E-state index contributed by atoms with van der Waals surface area (Å²) in [7, 11) is 1.53. The molecule has 0 saturated heterocycles. The summed E-state index contributed by atoms with van der Waals surface area (Å²) in [5.74, 6) is -0.0756. The van der Waals surface area contributed by atoms with Crippen LogP contribution in [0.4, 0.5) is 0 Å². The van der Waals surface area contributed by atoms with Crippen molar-refractivity contribution in [3.63, 3.8) is 0 Å². The van der Waals surface area contributed by atoms with Crippen LogP contribution in [0.15, 0.2) is 30.6 Å². The normalized spacial score (nSPS) is 10.1. The Morgan fingerprint density at radius 1 is 1.50 bits per heavy atom.